The summed E-state index contributed by atoms with van der Waals surface area (Å²) in [6.45, 7) is 6.91. The van der Waals surface area contributed by atoms with Gasteiger partial charge in [0.1, 0.15) is 5.75 Å². The molecule has 1 aromatic carbocycles. The number of benzene rings is 1. The summed E-state index contributed by atoms with van der Waals surface area (Å²) in [6.07, 6.45) is 4.61. The Morgan fingerprint density at radius 3 is 2.81 bits per heavy atom. The van der Waals surface area contributed by atoms with Crippen molar-refractivity contribution in [1.29, 1.82) is 0 Å². The molecule has 1 saturated carbocycles. The van der Waals surface area contributed by atoms with Crippen molar-refractivity contribution < 1.29 is 9.53 Å². The van der Waals surface area contributed by atoms with E-state index >= 15 is 0 Å². The standard InChI is InChI=1S/C17H26N2O2/c1-4-21-14-10-12(9-13(18)11-14)16(20)19-15-7-5-6-8-17(15,2)3/h9-11,15H,4-8,18H2,1-3H3,(H,19,20). The maximum Gasteiger partial charge on any atom is 0.251 e. The van der Waals surface area contributed by atoms with E-state index in [0.29, 0.717) is 23.6 Å². The third-order valence-electron chi connectivity index (χ3n) is 4.31. The number of carbonyl (C=O) groups is 1. The molecule has 1 atom stereocenters. The minimum atomic E-state index is -0.0665. The predicted octanol–water partition coefficient (Wildman–Crippen LogP) is 3.37. The number of carbonyl (C=O) groups excluding carboxylic acids is 1. The smallest absolute Gasteiger partial charge is 0.251 e. The Bertz CT molecular complexity index is 512. The fourth-order valence-corrected chi connectivity index (χ4v) is 3.01. The lowest BCUT2D eigenvalue weighted by atomic mass is 9.73. The molecule has 1 unspecified atom stereocenters. The molecule has 1 aliphatic rings. The zero-order chi connectivity index (χ0) is 15.5. The van der Waals surface area contributed by atoms with Gasteiger partial charge in [0.25, 0.3) is 5.91 Å². The molecule has 116 valence electrons. The van der Waals surface area contributed by atoms with Crippen LogP contribution in [-0.2, 0) is 0 Å². The normalized spacial score (nSPS) is 20.8. The lowest BCUT2D eigenvalue weighted by Crippen LogP contribution is -2.46. The van der Waals surface area contributed by atoms with Crippen LogP contribution in [0.25, 0.3) is 0 Å². The summed E-state index contributed by atoms with van der Waals surface area (Å²) in [5, 5.41) is 3.17. The molecular weight excluding hydrogens is 264 g/mol. The molecule has 3 N–H and O–H groups in total. The summed E-state index contributed by atoms with van der Waals surface area (Å²) in [5.74, 6) is 0.578. The summed E-state index contributed by atoms with van der Waals surface area (Å²) >= 11 is 0. The molecule has 0 aliphatic heterocycles. The van der Waals surface area contributed by atoms with E-state index in [4.69, 9.17) is 10.5 Å². The van der Waals surface area contributed by atoms with Crippen LogP contribution in [0.15, 0.2) is 18.2 Å². The van der Waals surface area contributed by atoms with Crippen LogP contribution in [0.4, 0.5) is 5.69 Å². The monoisotopic (exact) mass is 290 g/mol. The van der Waals surface area contributed by atoms with Crippen LogP contribution in [0.3, 0.4) is 0 Å². The van der Waals surface area contributed by atoms with Crippen molar-refractivity contribution in [3.8, 4) is 5.75 Å². The van der Waals surface area contributed by atoms with Crippen LogP contribution in [0.2, 0.25) is 0 Å². The molecule has 4 nitrogen and oxygen atoms in total. The summed E-state index contributed by atoms with van der Waals surface area (Å²) < 4.78 is 5.45. The molecule has 1 aromatic rings. The van der Waals surface area contributed by atoms with Crippen molar-refractivity contribution in [3.63, 3.8) is 0 Å². The average Bonchev–Trinajstić information content (AvgIpc) is 2.40. The molecule has 0 heterocycles. The van der Waals surface area contributed by atoms with Crippen molar-refractivity contribution in [2.45, 2.75) is 52.5 Å². The first-order chi connectivity index (χ1) is 9.92. The van der Waals surface area contributed by atoms with E-state index in [2.05, 4.69) is 19.2 Å². The molecular formula is C17H26N2O2. The first kappa shape index (κ1) is 15.7. The third kappa shape index (κ3) is 3.90. The predicted molar refractivity (Wildman–Crippen MR) is 85.5 cm³/mol. The van der Waals surface area contributed by atoms with Crippen LogP contribution in [0, 0.1) is 5.41 Å². The summed E-state index contributed by atoms with van der Waals surface area (Å²) in [7, 11) is 0. The van der Waals surface area contributed by atoms with Crippen molar-refractivity contribution in [2.75, 3.05) is 12.3 Å². The fraction of sp³-hybridized carbons (Fsp3) is 0.588. The third-order valence-corrected chi connectivity index (χ3v) is 4.31. The number of hydrogen-bond acceptors (Lipinski definition) is 3. The quantitative estimate of drug-likeness (QED) is 0.836. The Morgan fingerprint density at radius 2 is 2.14 bits per heavy atom. The van der Waals surface area contributed by atoms with Gasteiger partial charge in [-0.25, -0.2) is 0 Å². The highest BCUT2D eigenvalue weighted by atomic mass is 16.5. The maximum atomic E-state index is 12.5. The van der Waals surface area contributed by atoms with E-state index in [-0.39, 0.29) is 17.4 Å². The fourth-order valence-electron chi connectivity index (χ4n) is 3.01. The van der Waals surface area contributed by atoms with E-state index in [1.807, 2.05) is 6.92 Å². The molecule has 0 bridgehead atoms. The summed E-state index contributed by atoms with van der Waals surface area (Å²) in [6, 6.07) is 5.42. The number of ether oxygens (including phenoxy) is 1. The van der Waals surface area contributed by atoms with Gasteiger partial charge in [-0.05, 0) is 37.3 Å². The van der Waals surface area contributed by atoms with Gasteiger partial charge in [-0.1, -0.05) is 26.7 Å². The largest absolute Gasteiger partial charge is 0.494 e. The second kappa shape index (κ2) is 6.37. The van der Waals surface area contributed by atoms with Gasteiger partial charge < -0.3 is 15.8 Å². The lowest BCUT2D eigenvalue weighted by molar-refractivity contribution is 0.0853. The van der Waals surface area contributed by atoms with Crippen LogP contribution in [-0.4, -0.2) is 18.6 Å². The molecule has 1 aliphatic carbocycles. The summed E-state index contributed by atoms with van der Waals surface area (Å²) in [4.78, 5) is 12.5. The van der Waals surface area contributed by atoms with Crippen molar-refractivity contribution in [1.82, 2.24) is 5.32 Å². The van der Waals surface area contributed by atoms with Crippen LogP contribution >= 0.6 is 0 Å². The average molecular weight is 290 g/mol. The van der Waals surface area contributed by atoms with Crippen molar-refractivity contribution >= 4 is 11.6 Å². The van der Waals surface area contributed by atoms with E-state index in [9.17, 15) is 4.79 Å². The minimum Gasteiger partial charge on any atom is -0.494 e. The van der Waals surface area contributed by atoms with Crippen molar-refractivity contribution in [2.24, 2.45) is 5.41 Å². The minimum absolute atomic E-state index is 0.0665. The number of nitrogens with one attached hydrogen (secondary N) is 1. The van der Waals surface area contributed by atoms with E-state index in [0.717, 1.165) is 12.8 Å². The highest BCUT2D eigenvalue weighted by Crippen LogP contribution is 2.35. The number of amides is 1. The lowest BCUT2D eigenvalue weighted by Gasteiger charge is -2.39. The van der Waals surface area contributed by atoms with Gasteiger partial charge in [-0.2, -0.15) is 0 Å². The molecule has 21 heavy (non-hydrogen) atoms. The van der Waals surface area contributed by atoms with E-state index < -0.39 is 0 Å². The molecule has 4 heteroatoms. The van der Waals surface area contributed by atoms with Gasteiger partial charge in [0.05, 0.1) is 6.61 Å². The highest BCUT2D eigenvalue weighted by molar-refractivity contribution is 5.95. The van der Waals surface area contributed by atoms with Crippen LogP contribution < -0.4 is 15.8 Å². The molecule has 1 amide bonds. The Morgan fingerprint density at radius 1 is 1.38 bits per heavy atom. The Kier molecular flexibility index (Phi) is 4.76. The van der Waals surface area contributed by atoms with Gasteiger partial charge in [-0.3, -0.25) is 4.79 Å². The topological polar surface area (TPSA) is 64.3 Å². The number of nitrogens with two attached hydrogens (primary N) is 1. The molecule has 1 fully saturated rings. The molecule has 0 radical (unpaired) electrons. The summed E-state index contributed by atoms with van der Waals surface area (Å²) in [5.41, 5.74) is 7.12. The SMILES string of the molecule is CCOc1cc(N)cc(C(=O)NC2CCCCC2(C)C)c1. The Balaban J connectivity index is 2.12. The molecule has 0 saturated heterocycles. The molecule has 2 rings (SSSR count). The van der Waals surface area contributed by atoms with Crippen molar-refractivity contribution in [3.05, 3.63) is 23.8 Å². The van der Waals surface area contributed by atoms with E-state index in [1.54, 1.807) is 18.2 Å². The first-order valence-electron chi connectivity index (χ1n) is 7.76. The Labute approximate surface area is 127 Å². The highest BCUT2D eigenvalue weighted by Gasteiger charge is 2.33. The van der Waals surface area contributed by atoms with Crippen LogP contribution in [0.1, 0.15) is 56.8 Å². The molecule has 0 aromatic heterocycles. The number of hydrogen-bond donors (Lipinski definition) is 2. The van der Waals surface area contributed by atoms with Gasteiger partial charge >= 0.3 is 0 Å². The second-order valence-electron chi connectivity index (χ2n) is 6.48. The first-order valence-corrected chi connectivity index (χ1v) is 7.76. The second-order valence-corrected chi connectivity index (χ2v) is 6.48. The zero-order valence-electron chi connectivity index (χ0n) is 13.2. The Hall–Kier alpha value is -1.71. The molecule has 0 spiro atoms. The van der Waals surface area contributed by atoms with Gasteiger partial charge in [0, 0.05) is 23.4 Å². The maximum absolute atomic E-state index is 12.5. The van der Waals surface area contributed by atoms with Crippen LogP contribution in [0.5, 0.6) is 5.75 Å². The zero-order valence-corrected chi connectivity index (χ0v) is 13.2. The van der Waals surface area contributed by atoms with Gasteiger partial charge in [0.15, 0.2) is 0 Å². The van der Waals surface area contributed by atoms with Gasteiger partial charge in [0.2, 0.25) is 0 Å². The number of rotatable bonds is 4. The van der Waals surface area contributed by atoms with Gasteiger partial charge in [-0.15, -0.1) is 0 Å². The number of nitrogen functional groups attached to an aromatic ring is 1. The van der Waals surface area contributed by atoms with E-state index in [1.165, 1.54) is 12.8 Å². The number of anilines is 1.